The topological polar surface area (TPSA) is 77.5 Å². The van der Waals surface area contributed by atoms with Crippen molar-refractivity contribution in [1.82, 2.24) is 4.90 Å². The van der Waals surface area contributed by atoms with Crippen molar-refractivity contribution in [2.75, 3.05) is 41.5 Å². The van der Waals surface area contributed by atoms with Gasteiger partial charge in [-0.25, -0.2) is 4.79 Å². The molecule has 0 aliphatic heterocycles. The van der Waals surface area contributed by atoms with Crippen LogP contribution in [0, 0.1) is 0 Å². The lowest BCUT2D eigenvalue weighted by Crippen LogP contribution is -2.19. The first-order chi connectivity index (χ1) is 17.9. The fraction of sp³-hybridized carbons (Fsp3) is 0.207. The molecule has 0 atom stereocenters. The van der Waals surface area contributed by atoms with Crippen molar-refractivity contribution in [2.45, 2.75) is 0 Å². The summed E-state index contributed by atoms with van der Waals surface area (Å²) in [5, 5.41) is 10.8. The van der Waals surface area contributed by atoms with Crippen molar-refractivity contribution in [3.05, 3.63) is 77.2 Å². The summed E-state index contributed by atoms with van der Waals surface area (Å²) < 4.78 is 24.0. The van der Waals surface area contributed by atoms with Crippen LogP contribution in [0.15, 0.2) is 66.7 Å². The summed E-state index contributed by atoms with van der Waals surface area (Å²) in [7, 11) is 7.14. The van der Waals surface area contributed by atoms with E-state index in [1.807, 2.05) is 68.7 Å². The number of thiophene rings is 1. The average Bonchev–Trinajstić information content (AvgIpc) is 3.23. The van der Waals surface area contributed by atoms with E-state index >= 15 is 0 Å². The predicted molar refractivity (Wildman–Crippen MR) is 147 cm³/mol. The number of aliphatic carboxylic acids is 1. The Hall–Kier alpha value is -4.01. The maximum Gasteiger partial charge on any atom is 0.336 e. The largest absolute Gasteiger partial charge is 0.493 e. The fourth-order valence-corrected chi connectivity index (χ4v) is 4.79. The van der Waals surface area contributed by atoms with Crippen LogP contribution < -0.4 is 18.9 Å². The van der Waals surface area contributed by atoms with Crippen LogP contribution in [0.2, 0.25) is 0 Å². The molecule has 0 bridgehead atoms. The Bertz CT molecular complexity index is 1390. The second kappa shape index (κ2) is 11.8. The number of ether oxygens (including phenoxy) is 4. The van der Waals surface area contributed by atoms with E-state index in [-0.39, 0.29) is 5.57 Å². The summed E-state index contributed by atoms with van der Waals surface area (Å²) >= 11 is 1.42. The van der Waals surface area contributed by atoms with Gasteiger partial charge in [0.2, 0.25) is 0 Å². The van der Waals surface area contributed by atoms with E-state index in [0.29, 0.717) is 40.0 Å². The Morgan fingerprint density at radius 3 is 2.22 bits per heavy atom. The summed E-state index contributed by atoms with van der Waals surface area (Å²) in [5.41, 5.74) is 0.772. The van der Waals surface area contributed by atoms with E-state index in [9.17, 15) is 9.90 Å². The molecule has 1 aromatic heterocycles. The summed E-state index contributed by atoms with van der Waals surface area (Å²) in [6.45, 7) is 1.39. The number of rotatable bonds is 11. The highest BCUT2D eigenvalue weighted by Gasteiger charge is 2.20. The molecular weight excluding hydrogens is 490 g/mol. The number of hydrogen-bond acceptors (Lipinski definition) is 7. The van der Waals surface area contributed by atoms with Crippen molar-refractivity contribution >= 4 is 39.0 Å². The number of carboxylic acids is 1. The van der Waals surface area contributed by atoms with Crippen molar-refractivity contribution in [3.63, 3.8) is 0 Å². The molecule has 0 aliphatic carbocycles. The predicted octanol–water partition coefficient (Wildman–Crippen LogP) is 6.28. The third-order valence-corrected chi connectivity index (χ3v) is 6.70. The van der Waals surface area contributed by atoms with E-state index in [4.69, 9.17) is 18.9 Å². The lowest BCUT2D eigenvalue weighted by atomic mass is 10.1. The number of fused-ring (bicyclic) bond motifs is 1. The molecule has 3 aromatic carbocycles. The zero-order valence-electron chi connectivity index (χ0n) is 21.2. The van der Waals surface area contributed by atoms with Gasteiger partial charge < -0.3 is 29.0 Å². The van der Waals surface area contributed by atoms with Gasteiger partial charge in [0.1, 0.15) is 18.1 Å². The Balaban J connectivity index is 1.77. The van der Waals surface area contributed by atoms with Crippen molar-refractivity contribution < 1.29 is 28.8 Å². The molecule has 0 amide bonds. The maximum absolute atomic E-state index is 12.2. The zero-order chi connectivity index (χ0) is 26.4. The second-order valence-electron chi connectivity index (χ2n) is 8.45. The molecule has 4 rings (SSSR count). The molecule has 0 aliphatic rings. The van der Waals surface area contributed by atoms with Crippen LogP contribution in [-0.4, -0.2) is 57.4 Å². The van der Waals surface area contributed by atoms with Gasteiger partial charge in [0, 0.05) is 22.7 Å². The van der Waals surface area contributed by atoms with Gasteiger partial charge in [0.25, 0.3) is 0 Å². The molecule has 0 saturated heterocycles. The Labute approximate surface area is 220 Å². The van der Waals surface area contributed by atoms with Crippen molar-refractivity contribution in [2.24, 2.45) is 0 Å². The van der Waals surface area contributed by atoms with E-state index < -0.39 is 5.97 Å². The van der Waals surface area contributed by atoms with E-state index in [1.165, 1.54) is 11.3 Å². The Morgan fingerprint density at radius 2 is 1.59 bits per heavy atom. The number of carbonyl (C=O) groups is 1. The van der Waals surface area contributed by atoms with Crippen molar-refractivity contribution in [1.29, 1.82) is 0 Å². The number of benzene rings is 3. The Morgan fingerprint density at radius 1 is 0.946 bits per heavy atom. The third kappa shape index (κ3) is 6.22. The highest BCUT2D eigenvalue weighted by molar-refractivity contribution is 7.20. The Kier molecular flexibility index (Phi) is 8.32. The van der Waals surface area contributed by atoms with E-state index in [2.05, 4.69) is 4.90 Å². The minimum Gasteiger partial charge on any atom is -0.493 e. The van der Waals surface area contributed by atoms with Gasteiger partial charge in [-0.2, -0.15) is 0 Å². The zero-order valence-corrected chi connectivity index (χ0v) is 22.0. The first-order valence-corrected chi connectivity index (χ1v) is 12.5. The molecule has 1 heterocycles. The molecule has 0 spiro atoms. The summed E-state index contributed by atoms with van der Waals surface area (Å²) in [4.78, 5) is 14.9. The molecule has 0 saturated carbocycles. The summed E-state index contributed by atoms with van der Waals surface area (Å²) in [5.74, 6) is 1.99. The molecule has 8 heteroatoms. The molecule has 192 valence electrons. The van der Waals surface area contributed by atoms with E-state index in [0.717, 1.165) is 22.4 Å². The third-order valence-electron chi connectivity index (χ3n) is 5.62. The highest BCUT2D eigenvalue weighted by atomic mass is 32.1. The molecule has 1 N–H and O–H groups in total. The number of hydrogen-bond donors (Lipinski definition) is 1. The van der Waals surface area contributed by atoms with Gasteiger partial charge >= 0.3 is 5.97 Å². The van der Waals surface area contributed by atoms with Crippen LogP contribution in [0.4, 0.5) is 0 Å². The van der Waals surface area contributed by atoms with Gasteiger partial charge in [-0.3, -0.25) is 0 Å². The SMILES string of the molecule is COc1cc2sc(/C=C(/C(=O)O)c3ccccc3)c(Oc3ccc(OCCN(C)C)cc3)c2cc1OC. The normalized spacial score (nSPS) is 11.5. The van der Waals surface area contributed by atoms with Gasteiger partial charge in [-0.15, -0.1) is 11.3 Å². The van der Waals surface area contributed by atoms with Crippen LogP contribution in [0.5, 0.6) is 28.7 Å². The molecule has 4 aromatic rings. The highest BCUT2D eigenvalue weighted by Crippen LogP contribution is 2.46. The van der Waals surface area contributed by atoms with Crippen LogP contribution in [0.3, 0.4) is 0 Å². The monoisotopic (exact) mass is 519 g/mol. The average molecular weight is 520 g/mol. The van der Waals surface area contributed by atoms with Crippen LogP contribution >= 0.6 is 11.3 Å². The minimum absolute atomic E-state index is 0.167. The molecule has 37 heavy (non-hydrogen) atoms. The van der Waals surface area contributed by atoms with Crippen LogP contribution in [0.25, 0.3) is 21.7 Å². The minimum atomic E-state index is -1.02. The number of methoxy groups -OCH3 is 2. The second-order valence-corrected chi connectivity index (χ2v) is 9.54. The molecule has 0 radical (unpaired) electrons. The summed E-state index contributed by atoms with van der Waals surface area (Å²) in [6.07, 6.45) is 1.65. The number of nitrogens with zero attached hydrogens (tertiary/aromatic N) is 1. The van der Waals surface area contributed by atoms with Gasteiger partial charge in [-0.05, 0) is 56.1 Å². The fourth-order valence-electron chi connectivity index (χ4n) is 3.71. The lowest BCUT2D eigenvalue weighted by Gasteiger charge is -2.12. The standard InChI is InChI=1S/C29H29NO6S/c1-30(2)14-15-35-20-10-12-21(13-11-20)36-28-23-16-24(33-3)25(34-4)18-26(23)37-27(28)17-22(29(31)32)19-8-6-5-7-9-19/h5-13,16-18H,14-15H2,1-4H3,(H,31,32)/b22-17+. The molecule has 0 unspecified atom stereocenters. The number of carboxylic acid groups (broad SMARTS) is 1. The first kappa shape index (κ1) is 26.1. The van der Waals surface area contributed by atoms with Crippen LogP contribution in [-0.2, 0) is 4.79 Å². The molecular formula is C29H29NO6S. The smallest absolute Gasteiger partial charge is 0.336 e. The summed E-state index contributed by atoms with van der Waals surface area (Å²) in [6, 6.07) is 20.1. The van der Waals surface area contributed by atoms with Gasteiger partial charge in [-0.1, -0.05) is 30.3 Å². The van der Waals surface area contributed by atoms with Gasteiger partial charge in [0.05, 0.1) is 24.7 Å². The quantitative estimate of drug-likeness (QED) is 0.234. The van der Waals surface area contributed by atoms with Crippen LogP contribution in [0.1, 0.15) is 10.4 Å². The van der Waals surface area contributed by atoms with E-state index in [1.54, 1.807) is 32.4 Å². The molecule has 7 nitrogen and oxygen atoms in total. The van der Waals surface area contributed by atoms with Gasteiger partial charge in [0.15, 0.2) is 17.2 Å². The lowest BCUT2D eigenvalue weighted by molar-refractivity contribution is -0.130. The maximum atomic E-state index is 12.2. The first-order valence-electron chi connectivity index (χ1n) is 11.6. The number of likely N-dealkylation sites (N-methyl/N-ethyl adjacent to an activating group) is 1. The molecule has 0 fully saturated rings. The van der Waals surface area contributed by atoms with Crippen molar-refractivity contribution in [3.8, 4) is 28.7 Å².